The Morgan fingerprint density at radius 2 is 1.61 bits per heavy atom. The van der Waals surface area contributed by atoms with E-state index < -0.39 is 11.7 Å². The molecule has 2 aliphatic rings. The number of benzene rings is 2. The van der Waals surface area contributed by atoms with Gasteiger partial charge in [0, 0.05) is 6.61 Å². The van der Waals surface area contributed by atoms with E-state index in [9.17, 15) is 13.2 Å². The molecular weight excluding hydrogens is 405 g/mol. The van der Waals surface area contributed by atoms with Crippen molar-refractivity contribution in [1.29, 1.82) is 0 Å². The van der Waals surface area contributed by atoms with E-state index in [1.165, 1.54) is 17.7 Å². The largest absolute Gasteiger partial charge is 0.454 e. The molecule has 0 aromatic heterocycles. The van der Waals surface area contributed by atoms with Crippen LogP contribution in [-0.4, -0.2) is 19.6 Å². The zero-order valence-electron chi connectivity index (χ0n) is 17.2. The Labute approximate surface area is 180 Å². The zero-order chi connectivity index (χ0) is 21.7. The van der Waals surface area contributed by atoms with Crippen molar-refractivity contribution in [3.05, 3.63) is 71.3 Å². The maximum Gasteiger partial charge on any atom is 0.417 e. The summed E-state index contributed by atoms with van der Waals surface area (Å²) in [6, 6.07) is 13.2. The second-order valence-electron chi connectivity index (χ2n) is 7.71. The molecule has 0 saturated carbocycles. The minimum absolute atomic E-state index is 0.0391. The van der Waals surface area contributed by atoms with Gasteiger partial charge in [0.15, 0.2) is 11.5 Å². The van der Waals surface area contributed by atoms with Gasteiger partial charge < -0.3 is 14.2 Å². The Kier molecular flexibility index (Phi) is 6.66. The van der Waals surface area contributed by atoms with Crippen molar-refractivity contribution < 1.29 is 27.4 Å². The molecule has 0 atom stereocenters. The lowest BCUT2D eigenvalue weighted by molar-refractivity contribution is -0.0687. The van der Waals surface area contributed by atoms with Crippen LogP contribution in [0.2, 0.25) is 0 Å². The Morgan fingerprint density at radius 3 is 2.35 bits per heavy atom. The van der Waals surface area contributed by atoms with Crippen LogP contribution in [0.3, 0.4) is 0 Å². The zero-order valence-corrected chi connectivity index (χ0v) is 17.2. The van der Waals surface area contributed by atoms with Crippen LogP contribution in [0.1, 0.15) is 48.8 Å². The molecule has 1 aliphatic heterocycles. The predicted molar refractivity (Wildman–Crippen MR) is 114 cm³/mol. The highest BCUT2D eigenvalue weighted by Gasteiger charge is 2.40. The van der Waals surface area contributed by atoms with Crippen LogP contribution in [0, 0.1) is 0 Å². The van der Waals surface area contributed by atoms with Gasteiger partial charge in [-0.3, -0.25) is 0 Å². The Bertz CT molecular complexity index is 962. The summed E-state index contributed by atoms with van der Waals surface area (Å²) in [6.07, 6.45) is 3.42. The molecule has 3 nitrogen and oxygen atoms in total. The van der Waals surface area contributed by atoms with Crippen LogP contribution >= 0.6 is 0 Å². The molecule has 6 heteroatoms. The van der Waals surface area contributed by atoms with Gasteiger partial charge in [-0.05, 0) is 59.7 Å². The number of alkyl halides is 3. The normalized spacial score (nSPS) is 16.0. The van der Waals surface area contributed by atoms with Gasteiger partial charge >= 0.3 is 6.18 Å². The molecule has 2 aromatic rings. The fourth-order valence-electron chi connectivity index (χ4n) is 3.84. The number of hydrogen-bond acceptors (Lipinski definition) is 3. The number of rotatable bonds is 9. The first-order valence-corrected chi connectivity index (χ1v) is 10.6. The fraction of sp³-hybridized carbons (Fsp3) is 0.360. The number of hydrogen-bond donors (Lipinski definition) is 0. The van der Waals surface area contributed by atoms with Gasteiger partial charge in [-0.25, -0.2) is 0 Å². The van der Waals surface area contributed by atoms with E-state index in [4.69, 9.17) is 14.2 Å². The summed E-state index contributed by atoms with van der Waals surface area (Å²) < 4.78 is 56.7. The molecule has 1 aliphatic carbocycles. The molecule has 0 fully saturated rings. The predicted octanol–water partition coefficient (Wildman–Crippen LogP) is 6.93. The lowest BCUT2D eigenvalue weighted by atomic mass is 10.0. The quantitative estimate of drug-likeness (QED) is 0.404. The van der Waals surface area contributed by atoms with E-state index in [1.807, 2.05) is 36.4 Å². The minimum atomic E-state index is -4.40. The van der Waals surface area contributed by atoms with Crippen LogP contribution < -0.4 is 9.47 Å². The average molecular weight is 430 g/mol. The molecule has 0 bridgehead atoms. The maximum atomic E-state index is 13.5. The fourth-order valence-corrected chi connectivity index (χ4v) is 3.84. The van der Waals surface area contributed by atoms with Gasteiger partial charge in [-0.15, -0.1) is 0 Å². The molecule has 0 amide bonds. The summed E-state index contributed by atoms with van der Waals surface area (Å²) in [5.74, 6) is 0.863. The Morgan fingerprint density at radius 1 is 0.903 bits per heavy atom. The summed E-state index contributed by atoms with van der Waals surface area (Å²) in [5, 5.41) is 0. The lowest BCUT2D eigenvalue weighted by Crippen LogP contribution is -2.09. The SMILES string of the molecule is FC(F)(F)C1=C/C(=C/CCCCCCOCc2ccccc2)c2cc3c(cc21)OCO3. The van der Waals surface area contributed by atoms with Crippen LogP contribution in [0.4, 0.5) is 13.2 Å². The van der Waals surface area contributed by atoms with Crippen LogP contribution in [0.25, 0.3) is 11.1 Å². The molecule has 31 heavy (non-hydrogen) atoms. The molecule has 164 valence electrons. The van der Waals surface area contributed by atoms with Crippen molar-refractivity contribution in [2.45, 2.75) is 44.9 Å². The van der Waals surface area contributed by atoms with E-state index >= 15 is 0 Å². The molecular formula is C25H25F3O3. The third kappa shape index (κ3) is 5.31. The Hall–Kier alpha value is -2.73. The summed E-state index contributed by atoms with van der Waals surface area (Å²) >= 11 is 0. The first-order chi connectivity index (χ1) is 15.0. The molecule has 4 rings (SSSR count). The average Bonchev–Trinajstić information content (AvgIpc) is 3.35. The monoisotopic (exact) mass is 430 g/mol. The maximum absolute atomic E-state index is 13.5. The molecule has 0 N–H and O–H groups in total. The van der Waals surface area contributed by atoms with Crippen molar-refractivity contribution in [3.8, 4) is 11.5 Å². The number of ether oxygens (including phenoxy) is 3. The van der Waals surface area contributed by atoms with Crippen LogP contribution in [0.5, 0.6) is 11.5 Å². The summed E-state index contributed by atoms with van der Waals surface area (Å²) in [7, 11) is 0. The first-order valence-electron chi connectivity index (χ1n) is 10.6. The van der Waals surface area contributed by atoms with Crippen LogP contribution in [-0.2, 0) is 11.3 Å². The molecule has 0 spiro atoms. The van der Waals surface area contributed by atoms with Crippen molar-refractivity contribution in [2.24, 2.45) is 0 Å². The number of fused-ring (bicyclic) bond motifs is 2. The smallest absolute Gasteiger partial charge is 0.417 e. The highest BCUT2D eigenvalue weighted by molar-refractivity contribution is 5.98. The minimum Gasteiger partial charge on any atom is -0.454 e. The van der Waals surface area contributed by atoms with Gasteiger partial charge in [0.2, 0.25) is 6.79 Å². The second kappa shape index (κ2) is 9.60. The van der Waals surface area contributed by atoms with Crippen molar-refractivity contribution in [3.63, 3.8) is 0 Å². The van der Waals surface area contributed by atoms with E-state index in [0.29, 0.717) is 35.8 Å². The number of allylic oxidation sites excluding steroid dienone is 4. The highest BCUT2D eigenvalue weighted by Crippen LogP contribution is 2.48. The lowest BCUT2D eigenvalue weighted by Gasteiger charge is -2.10. The molecule has 1 heterocycles. The Balaban J connectivity index is 1.25. The van der Waals surface area contributed by atoms with Gasteiger partial charge in [0.1, 0.15) is 0 Å². The molecule has 0 unspecified atom stereocenters. The van der Waals surface area contributed by atoms with Crippen molar-refractivity contribution in [2.75, 3.05) is 13.4 Å². The van der Waals surface area contributed by atoms with E-state index in [2.05, 4.69) is 0 Å². The van der Waals surface area contributed by atoms with Crippen molar-refractivity contribution in [1.82, 2.24) is 0 Å². The van der Waals surface area contributed by atoms with Gasteiger partial charge in [-0.1, -0.05) is 49.2 Å². The summed E-state index contributed by atoms with van der Waals surface area (Å²) in [4.78, 5) is 0. The van der Waals surface area contributed by atoms with E-state index in [0.717, 1.165) is 32.1 Å². The van der Waals surface area contributed by atoms with Crippen LogP contribution in [0.15, 0.2) is 54.6 Å². The summed E-state index contributed by atoms with van der Waals surface area (Å²) in [6.45, 7) is 1.38. The summed E-state index contributed by atoms with van der Waals surface area (Å²) in [5.41, 5.74) is 1.87. The standard InChI is InChI=1S/C25H25F3O3/c26-25(27,28)22-13-19(20-14-23-24(15-21(20)22)31-17-30-23)11-7-2-1-3-8-12-29-16-18-9-5-4-6-10-18/h4-6,9-11,13-15H,1-3,7-8,12,16-17H2/b19-11-. The topological polar surface area (TPSA) is 27.7 Å². The van der Waals surface area contributed by atoms with Gasteiger partial charge in [0.25, 0.3) is 0 Å². The van der Waals surface area contributed by atoms with Crippen molar-refractivity contribution >= 4 is 11.1 Å². The molecule has 0 radical (unpaired) electrons. The number of unbranched alkanes of at least 4 members (excludes halogenated alkanes) is 4. The highest BCUT2D eigenvalue weighted by atomic mass is 19.4. The molecule has 2 aromatic carbocycles. The third-order valence-corrected chi connectivity index (χ3v) is 5.44. The van der Waals surface area contributed by atoms with Gasteiger partial charge in [0.05, 0.1) is 12.2 Å². The van der Waals surface area contributed by atoms with Gasteiger partial charge in [-0.2, -0.15) is 13.2 Å². The first kappa shape index (κ1) is 21.5. The number of halogens is 3. The van der Waals surface area contributed by atoms with E-state index in [-0.39, 0.29) is 12.4 Å². The van der Waals surface area contributed by atoms with E-state index in [1.54, 1.807) is 6.07 Å². The third-order valence-electron chi connectivity index (χ3n) is 5.44. The molecule has 0 saturated heterocycles. The second-order valence-corrected chi connectivity index (χ2v) is 7.71.